The van der Waals surface area contributed by atoms with Crippen molar-refractivity contribution in [1.29, 1.82) is 0 Å². The molecule has 0 radical (unpaired) electrons. The first-order chi connectivity index (χ1) is 27.5. The zero-order valence-corrected chi connectivity index (χ0v) is 33.0. The highest BCUT2D eigenvalue weighted by Crippen LogP contribution is 2.38. The molecule has 0 aliphatic carbocycles. The quantitative estimate of drug-likeness (QED) is 0.108. The first-order valence-corrected chi connectivity index (χ1v) is 20.4. The largest absolute Gasteiger partial charge is 0.492 e. The van der Waals surface area contributed by atoms with Gasteiger partial charge in [-0.2, -0.15) is 0 Å². The minimum atomic E-state index is -0.318. The summed E-state index contributed by atoms with van der Waals surface area (Å²) in [6.45, 7) is 10.1. The van der Waals surface area contributed by atoms with E-state index in [2.05, 4.69) is 92.6 Å². The molecule has 10 heteroatoms. The summed E-state index contributed by atoms with van der Waals surface area (Å²) in [6.07, 6.45) is 7.69. The summed E-state index contributed by atoms with van der Waals surface area (Å²) < 4.78 is 25.8. The van der Waals surface area contributed by atoms with Crippen LogP contribution in [-0.2, 0) is 13.1 Å². The number of hydrazine groups is 1. The number of ether oxygens (including phenoxy) is 2. The molecule has 2 aliphatic heterocycles. The number of piperidine rings is 2. The Morgan fingerprint density at radius 1 is 0.625 bits per heavy atom. The Kier molecular flexibility index (Phi) is 11.8. The van der Waals surface area contributed by atoms with Crippen molar-refractivity contribution in [3.05, 3.63) is 131 Å². The second-order valence-corrected chi connectivity index (χ2v) is 15.2. The first-order valence-electron chi connectivity index (χ1n) is 20.0. The zero-order valence-electron chi connectivity index (χ0n) is 32.3. The predicted octanol–water partition coefficient (Wildman–Crippen LogP) is 9.93. The Bertz CT molecular complexity index is 2090. The number of hydrogen-bond acceptors (Lipinski definition) is 8. The fraction of sp³-hybridized carbons (Fsp3) is 0.348. The Balaban J connectivity index is 1.12. The number of likely N-dealkylation sites (tertiary alicyclic amines) is 2. The van der Waals surface area contributed by atoms with Crippen LogP contribution in [0.4, 0.5) is 16.0 Å². The summed E-state index contributed by atoms with van der Waals surface area (Å²) in [5, 5.41) is 10.3. The highest BCUT2D eigenvalue weighted by atomic mass is 35.5. The smallest absolute Gasteiger partial charge is 0.165 e. The lowest BCUT2D eigenvalue weighted by molar-refractivity contribution is 0.183. The number of benzene rings is 4. The van der Waals surface area contributed by atoms with Crippen LogP contribution in [0.1, 0.15) is 50.7 Å². The average molecular weight is 773 g/mol. The van der Waals surface area contributed by atoms with Gasteiger partial charge in [-0.15, -0.1) is 0 Å². The molecule has 2 saturated heterocycles. The SMILES string of the molecule is CCOc1cc(CN2CCC(N(c3nccc4ccccc34)N(c3nccc4ccccc34)C3CCN(Cc4ccc(Cl)c(OCC)c4)CC3)CC2)ccc1F. The summed E-state index contributed by atoms with van der Waals surface area (Å²) in [5.74, 6) is 2.67. The van der Waals surface area contributed by atoms with Gasteiger partial charge in [0.2, 0.25) is 0 Å². The second kappa shape index (κ2) is 17.5. The topological polar surface area (TPSA) is 57.2 Å². The lowest BCUT2D eigenvalue weighted by Crippen LogP contribution is -2.59. The fourth-order valence-electron chi connectivity index (χ4n) is 8.46. The molecule has 2 aromatic heterocycles. The van der Waals surface area contributed by atoms with E-state index in [0.717, 1.165) is 104 Å². The van der Waals surface area contributed by atoms with Crippen LogP contribution < -0.4 is 19.5 Å². The van der Waals surface area contributed by atoms with Crippen LogP contribution in [0.2, 0.25) is 5.02 Å². The highest BCUT2D eigenvalue weighted by molar-refractivity contribution is 6.32. The van der Waals surface area contributed by atoms with Crippen LogP contribution >= 0.6 is 11.6 Å². The lowest BCUT2D eigenvalue weighted by atomic mass is 9.99. The maximum absolute atomic E-state index is 14.4. The van der Waals surface area contributed by atoms with Gasteiger partial charge >= 0.3 is 0 Å². The van der Waals surface area contributed by atoms with Gasteiger partial charge in [-0.1, -0.05) is 72.3 Å². The van der Waals surface area contributed by atoms with E-state index in [1.54, 1.807) is 0 Å². The van der Waals surface area contributed by atoms with Gasteiger partial charge in [0.15, 0.2) is 23.2 Å². The van der Waals surface area contributed by atoms with Crippen molar-refractivity contribution in [2.75, 3.05) is 49.4 Å². The number of anilines is 2. The second-order valence-electron chi connectivity index (χ2n) is 14.8. The van der Waals surface area contributed by atoms with Crippen molar-refractivity contribution in [3.63, 3.8) is 0 Å². The van der Waals surface area contributed by atoms with Crippen LogP contribution in [-0.4, -0.2) is 71.2 Å². The maximum Gasteiger partial charge on any atom is 0.165 e. The molecule has 8 nitrogen and oxygen atoms in total. The van der Waals surface area contributed by atoms with E-state index in [1.807, 2.05) is 44.4 Å². The number of halogens is 2. The molecular formula is C46H50ClFN6O2. The maximum atomic E-state index is 14.4. The molecule has 56 heavy (non-hydrogen) atoms. The van der Waals surface area contributed by atoms with Gasteiger partial charge in [0.25, 0.3) is 0 Å². The third kappa shape index (κ3) is 8.26. The van der Waals surface area contributed by atoms with E-state index in [0.29, 0.717) is 24.0 Å². The van der Waals surface area contributed by atoms with Crippen molar-refractivity contribution in [2.24, 2.45) is 0 Å². The first kappa shape index (κ1) is 37.9. The van der Waals surface area contributed by atoms with Gasteiger partial charge in [-0.05, 0) is 97.8 Å². The number of rotatable bonds is 13. The zero-order chi connectivity index (χ0) is 38.4. The molecule has 0 bridgehead atoms. The van der Waals surface area contributed by atoms with Gasteiger partial charge < -0.3 is 9.47 Å². The van der Waals surface area contributed by atoms with Crippen molar-refractivity contribution < 1.29 is 13.9 Å². The molecule has 290 valence electrons. The highest BCUT2D eigenvalue weighted by Gasteiger charge is 2.37. The molecular weight excluding hydrogens is 723 g/mol. The minimum absolute atomic E-state index is 0.168. The van der Waals surface area contributed by atoms with E-state index in [-0.39, 0.29) is 17.9 Å². The Labute approximate surface area is 334 Å². The van der Waals surface area contributed by atoms with E-state index in [9.17, 15) is 4.39 Å². The molecule has 2 aliphatic rings. The van der Waals surface area contributed by atoms with Crippen molar-refractivity contribution in [3.8, 4) is 11.5 Å². The summed E-state index contributed by atoms with van der Waals surface area (Å²) >= 11 is 6.44. The predicted molar refractivity (Wildman–Crippen MR) is 225 cm³/mol. The van der Waals surface area contributed by atoms with Crippen LogP contribution in [0.25, 0.3) is 21.5 Å². The number of fused-ring (bicyclic) bond motifs is 2. The standard InChI is InChI=1S/C46H50ClFN6O2/c1-3-55-43-29-33(13-15-41(43)47)31-51-25-19-37(20-26-51)53(45-39-11-7-5-9-35(39)17-23-49-45)54(46-40-12-8-6-10-36(40)18-24-50-46)38-21-27-52(28-22-38)32-34-14-16-42(48)44(30-34)56-4-2/h5-18,23-24,29-30,37-38H,3-4,19-22,25-28,31-32H2,1-2H3. The van der Waals surface area contributed by atoms with Crippen molar-refractivity contribution in [2.45, 2.75) is 64.7 Å². The molecule has 0 spiro atoms. The summed E-state index contributed by atoms with van der Waals surface area (Å²) in [6, 6.07) is 33.1. The molecule has 0 amide bonds. The molecule has 2 fully saturated rings. The third-order valence-electron chi connectivity index (χ3n) is 11.2. The molecule has 0 saturated carbocycles. The minimum Gasteiger partial charge on any atom is -0.492 e. The van der Waals surface area contributed by atoms with Crippen LogP contribution in [0.15, 0.2) is 109 Å². The van der Waals surface area contributed by atoms with Crippen molar-refractivity contribution >= 4 is 44.8 Å². The van der Waals surface area contributed by atoms with Crippen LogP contribution in [0, 0.1) is 5.82 Å². The molecule has 0 N–H and O–H groups in total. The third-order valence-corrected chi connectivity index (χ3v) is 11.5. The van der Waals surface area contributed by atoms with Gasteiger partial charge in [0, 0.05) is 62.4 Å². The summed E-state index contributed by atoms with van der Waals surface area (Å²) in [7, 11) is 0. The van der Waals surface area contributed by atoms with Gasteiger partial charge in [-0.25, -0.2) is 14.4 Å². The molecule has 0 unspecified atom stereocenters. The van der Waals surface area contributed by atoms with E-state index >= 15 is 0 Å². The number of hydrogen-bond donors (Lipinski definition) is 0. The van der Waals surface area contributed by atoms with E-state index < -0.39 is 0 Å². The van der Waals surface area contributed by atoms with E-state index in [1.165, 1.54) is 17.0 Å². The molecule has 8 rings (SSSR count). The van der Waals surface area contributed by atoms with Crippen LogP contribution in [0.5, 0.6) is 11.5 Å². The Morgan fingerprint density at radius 3 is 1.61 bits per heavy atom. The monoisotopic (exact) mass is 772 g/mol. The van der Waals surface area contributed by atoms with Gasteiger partial charge in [0.1, 0.15) is 5.75 Å². The molecule has 6 aromatic rings. The lowest BCUT2D eigenvalue weighted by Gasteiger charge is -2.50. The van der Waals surface area contributed by atoms with Gasteiger partial charge in [-0.3, -0.25) is 19.8 Å². The van der Waals surface area contributed by atoms with Gasteiger partial charge in [0.05, 0.1) is 30.3 Å². The molecule has 0 atom stereocenters. The normalized spacial score (nSPS) is 16.0. The fourth-order valence-corrected chi connectivity index (χ4v) is 8.63. The van der Waals surface area contributed by atoms with Crippen LogP contribution in [0.3, 0.4) is 0 Å². The van der Waals surface area contributed by atoms with E-state index in [4.69, 9.17) is 31.0 Å². The molecule has 4 aromatic carbocycles. The Morgan fingerprint density at radius 2 is 1.09 bits per heavy atom. The Hall–Kier alpha value is -4.96. The number of nitrogens with zero attached hydrogens (tertiary/aromatic N) is 6. The number of pyridine rings is 2. The number of aromatic nitrogens is 2. The van der Waals surface area contributed by atoms with Crippen molar-refractivity contribution in [1.82, 2.24) is 19.8 Å². The summed E-state index contributed by atoms with van der Waals surface area (Å²) in [4.78, 5) is 15.4. The average Bonchev–Trinajstić information content (AvgIpc) is 3.23. The molecule has 4 heterocycles. The summed E-state index contributed by atoms with van der Waals surface area (Å²) in [5.41, 5.74) is 2.26.